The lowest BCUT2D eigenvalue weighted by Gasteiger charge is -2.25. The molecular weight excluding hydrogens is 458 g/mol. The maximum Gasteiger partial charge on any atom is 0.326 e. The standard InChI is InChI=1S/C26H31N7O3/c1-4-17-11-27-30-24(17)19-7-5-18(6-8-19)21-12-28-32-10-9-23(29-25(21)32)33-22(16(2)3)14-31(26(33)36)13-20(35)15-34/h5-12,16,20,22,34-35H,4,13-15H2,1-3H3,(H,27,30). The smallest absolute Gasteiger partial charge is 0.326 e. The number of aliphatic hydroxyl groups excluding tert-OH is 2. The molecular formula is C26H31N7O3. The van der Waals surface area contributed by atoms with Crippen LogP contribution in [0.2, 0.25) is 0 Å². The van der Waals surface area contributed by atoms with Gasteiger partial charge in [-0.15, -0.1) is 0 Å². The number of aryl methyl sites for hydroxylation is 1. The van der Waals surface area contributed by atoms with Gasteiger partial charge < -0.3 is 15.1 Å². The summed E-state index contributed by atoms with van der Waals surface area (Å²) in [6, 6.07) is 9.64. The van der Waals surface area contributed by atoms with Crippen LogP contribution < -0.4 is 4.90 Å². The van der Waals surface area contributed by atoms with Gasteiger partial charge in [0.15, 0.2) is 5.65 Å². The van der Waals surface area contributed by atoms with Gasteiger partial charge in [0.05, 0.1) is 43.4 Å². The average Bonchev–Trinajstić information content (AvgIpc) is 3.61. The monoisotopic (exact) mass is 489 g/mol. The number of fused-ring (bicyclic) bond motifs is 1. The lowest BCUT2D eigenvalue weighted by Crippen LogP contribution is -2.39. The van der Waals surface area contributed by atoms with E-state index in [0.717, 1.165) is 28.8 Å². The fourth-order valence-electron chi connectivity index (χ4n) is 4.76. The first-order chi connectivity index (χ1) is 17.4. The van der Waals surface area contributed by atoms with Gasteiger partial charge in [0.25, 0.3) is 0 Å². The highest BCUT2D eigenvalue weighted by Gasteiger charge is 2.41. The van der Waals surface area contributed by atoms with Crippen molar-refractivity contribution in [3.8, 4) is 22.4 Å². The number of aromatic amines is 1. The summed E-state index contributed by atoms with van der Waals surface area (Å²) in [5, 5.41) is 30.9. The Labute approximate surface area is 209 Å². The summed E-state index contributed by atoms with van der Waals surface area (Å²) in [4.78, 5) is 21.4. The Morgan fingerprint density at radius 2 is 1.89 bits per heavy atom. The van der Waals surface area contributed by atoms with E-state index in [1.54, 1.807) is 26.6 Å². The van der Waals surface area contributed by atoms with Crippen LogP contribution >= 0.6 is 0 Å². The van der Waals surface area contributed by atoms with Crippen LogP contribution in [0, 0.1) is 5.92 Å². The molecule has 3 aromatic heterocycles. The number of amides is 2. The number of H-pyrrole nitrogens is 1. The van der Waals surface area contributed by atoms with Crippen molar-refractivity contribution in [3.63, 3.8) is 0 Å². The minimum Gasteiger partial charge on any atom is -0.394 e. The highest BCUT2D eigenvalue weighted by atomic mass is 16.3. The second-order valence-electron chi connectivity index (χ2n) is 9.52. The van der Waals surface area contributed by atoms with Crippen molar-refractivity contribution in [1.29, 1.82) is 0 Å². The molecule has 1 saturated heterocycles. The first-order valence-electron chi connectivity index (χ1n) is 12.3. The van der Waals surface area contributed by atoms with Gasteiger partial charge in [-0.2, -0.15) is 10.2 Å². The number of carbonyl (C=O) groups excluding carboxylic acids is 1. The molecule has 2 unspecified atom stereocenters. The fourth-order valence-corrected chi connectivity index (χ4v) is 4.76. The Hall–Kier alpha value is -3.76. The average molecular weight is 490 g/mol. The number of urea groups is 1. The fraction of sp³-hybridized carbons (Fsp3) is 0.385. The van der Waals surface area contributed by atoms with Crippen molar-refractivity contribution in [2.75, 3.05) is 24.6 Å². The van der Waals surface area contributed by atoms with E-state index in [1.165, 1.54) is 5.56 Å². The number of hydrogen-bond donors (Lipinski definition) is 3. The zero-order valence-electron chi connectivity index (χ0n) is 20.7. The molecule has 2 amide bonds. The third-order valence-electron chi connectivity index (χ3n) is 6.81. The Morgan fingerprint density at radius 1 is 1.14 bits per heavy atom. The Bertz CT molecular complexity index is 1360. The van der Waals surface area contributed by atoms with Crippen LogP contribution in [0.4, 0.5) is 10.6 Å². The van der Waals surface area contributed by atoms with Crippen LogP contribution in [0.3, 0.4) is 0 Å². The summed E-state index contributed by atoms with van der Waals surface area (Å²) in [6.45, 7) is 6.38. The van der Waals surface area contributed by atoms with Crippen molar-refractivity contribution < 1.29 is 15.0 Å². The zero-order valence-corrected chi connectivity index (χ0v) is 20.7. The topological polar surface area (TPSA) is 123 Å². The molecule has 1 aliphatic heterocycles. The van der Waals surface area contributed by atoms with Crippen molar-refractivity contribution >= 4 is 17.5 Å². The number of anilines is 1. The van der Waals surface area contributed by atoms with Crippen LogP contribution in [0.25, 0.3) is 28.0 Å². The minimum absolute atomic E-state index is 0.0810. The van der Waals surface area contributed by atoms with Gasteiger partial charge >= 0.3 is 6.03 Å². The summed E-state index contributed by atoms with van der Waals surface area (Å²) in [7, 11) is 0. The molecule has 0 saturated carbocycles. The predicted molar refractivity (Wildman–Crippen MR) is 137 cm³/mol. The van der Waals surface area contributed by atoms with E-state index in [2.05, 4.69) is 48.2 Å². The van der Waals surface area contributed by atoms with E-state index in [4.69, 9.17) is 4.98 Å². The van der Waals surface area contributed by atoms with Gasteiger partial charge in [-0.3, -0.25) is 10.00 Å². The van der Waals surface area contributed by atoms with Gasteiger partial charge in [0.2, 0.25) is 0 Å². The molecule has 5 rings (SSSR count). The number of benzene rings is 1. The number of β-amino-alcohol motifs (C(OH)–C–C–N with tert-alkyl or cyclic N) is 1. The molecule has 4 heterocycles. The summed E-state index contributed by atoms with van der Waals surface area (Å²) in [5.74, 6) is 0.714. The quantitative estimate of drug-likeness (QED) is 0.350. The number of carbonyl (C=O) groups is 1. The van der Waals surface area contributed by atoms with E-state index in [9.17, 15) is 15.0 Å². The summed E-state index contributed by atoms with van der Waals surface area (Å²) >= 11 is 0. The molecule has 1 fully saturated rings. The molecule has 0 aliphatic carbocycles. The SMILES string of the molecule is CCc1cn[nH]c1-c1ccc(-c2cnn3ccc(N4C(=O)N(CC(O)CO)CC4C(C)C)nc23)cc1. The van der Waals surface area contributed by atoms with E-state index in [1.807, 2.05) is 24.5 Å². The third-order valence-corrected chi connectivity index (χ3v) is 6.81. The molecule has 2 atom stereocenters. The first-order valence-corrected chi connectivity index (χ1v) is 12.3. The maximum atomic E-state index is 13.3. The number of aliphatic hydroxyl groups is 2. The molecule has 0 bridgehead atoms. The normalized spacial score (nSPS) is 17.1. The second-order valence-corrected chi connectivity index (χ2v) is 9.52. The molecule has 36 heavy (non-hydrogen) atoms. The maximum absolute atomic E-state index is 13.3. The van der Waals surface area contributed by atoms with Gasteiger partial charge in [-0.05, 0) is 35.1 Å². The first kappa shape index (κ1) is 24.0. The Balaban J connectivity index is 1.48. The number of rotatable bonds is 8. The Kier molecular flexibility index (Phi) is 6.46. The molecule has 10 heteroatoms. The lowest BCUT2D eigenvalue weighted by atomic mass is 10.0. The molecule has 1 aromatic carbocycles. The van der Waals surface area contributed by atoms with Crippen LogP contribution in [0.1, 0.15) is 26.3 Å². The zero-order chi connectivity index (χ0) is 25.4. The van der Waals surface area contributed by atoms with Gasteiger partial charge in [0, 0.05) is 18.3 Å². The van der Waals surface area contributed by atoms with Gasteiger partial charge in [-0.25, -0.2) is 14.3 Å². The molecule has 4 aromatic rings. The van der Waals surface area contributed by atoms with Crippen molar-refractivity contribution in [2.45, 2.75) is 39.3 Å². The third kappa shape index (κ3) is 4.22. The molecule has 3 N–H and O–H groups in total. The van der Waals surface area contributed by atoms with Gasteiger partial charge in [-0.1, -0.05) is 45.0 Å². The molecule has 0 radical (unpaired) electrons. The Morgan fingerprint density at radius 3 is 2.58 bits per heavy atom. The largest absolute Gasteiger partial charge is 0.394 e. The summed E-state index contributed by atoms with van der Waals surface area (Å²) in [6.07, 6.45) is 5.37. The van der Waals surface area contributed by atoms with Crippen molar-refractivity contribution in [3.05, 3.63) is 54.5 Å². The predicted octanol–water partition coefficient (Wildman–Crippen LogP) is 2.97. The number of nitrogens with zero attached hydrogens (tertiary/aromatic N) is 6. The van der Waals surface area contributed by atoms with Crippen LogP contribution in [-0.2, 0) is 6.42 Å². The van der Waals surface area contributed by atoms with Crippen LogP contribution in [0.5, 0.6) is 0 Å². The minimum atomic E-state index is -0.975. The molecule has 0 spiro atoms. The molecule has 10 nitrogen and oxygen atoms in total. The molecule has 188 valence electrons. The number of hydrogen-bond acceptors (Lipinski definition) is 6. The van der Waals surface area contributed by atoms with E-state index in [-0.39, 0.29) is 24.5 Å². The van der Waals surface area contributed by atoms with E-state index >= 15 is 0 Å². The highest BCUT2D eigenvalue weighted by molar-refractivity contribution is 5.94. The van der Waals surface area contributed by atoms with E-state index in [0.29, 0.717) is 18.0 Å². The van der Waals surface area contributed by atoms with Crippen molar-refractivity contribution in [1.82, 2.24) is 29.7 Å². The van der Waals surface area contributed by atoms with Crippen molar-refractivity contribution in [2.24, 2.45) is 5.92 Å². The number of nitrogens with one attached hydrogen (secondary N) is 1. The number of aromatic nitrogens is 5. The van der Waals surface area contributed by atoms with Crippen LogP contribution in [-0.4, -0.2) is 77.8 Å². The van der Waals surface area contributed by atoms with E-state index < -0.39 is 12.7 Å². The highest BCUT2D eigenvalue weighted by Crippen LogP contribution is 2.31. The second kappa shape index (κ2) is 9.71. The summed E-state index contributed by atoms with van der Waals surface area (Å²) in [5.41, 5.74) is 5.74. The van der Waals surface area contributed by atoms with Gasteiger partial charge in [0.1, 0.15) is 5.82 Å². The van der Waals surface area contributed by atoms with Crippen LogP contribution in [0.15, 0.2) is 48.9 Å². The lowest BCUT2D eigenvalue weighted by molar-refractivity contribution is 0.0719. The summed E-state index contributed by atoms with van der Waals surface area (Å²) < 4.78 is 1.70. The molecule has 1 aliphatic rings.